The summed E-state index contributed by atoms with van der Waals surface area (Å²) in [6, 6.07) is 6.36. The average molecular weight is 444 g/mol. The number of anilines is 1. The van der Waals surface area contributed by atoms with Crippen molar-refractivity contribution in [3.05, 3.63) is 41.1 Å². The van der Waals surface area contributed by atoms with Gasteiger partial charge in [-0.2, -0.15) is 0 Å². The molecule has 0 aliphatic carbocycles. The number of amides is 3. The fraction of sp³-hybridized carbons (Fsp3) is 0.560. The molecule has 2 rings (SSSR count). The molecule has 0 radical (unpaired) electrons. The van der Waals surface area contributed by atoms with E-state index in [1.54, 1.807) is 17.9 Å². The predicted octanol–water partition coefficient (Wildman–Crippen LogP) is 5.30. The lowest BCUT2D eigenvalue weighted by molar-refractivity contribution is -0.136. The smallest absolute Gasteiger partial charge is 0.337 e. The molecule has 0 fully saturated rings. The predicted molar refractivity (Wildman–Crippen MR) is 126 cm³/mol. The highest BCUT2D eigenvalue weighted by atomic mass is 16.5. The van der Waals surface area contributed by atoms with Crippen LogP contribution in [0.3, 0.4) is 0 Å². The molecule has 1 aromatic rings. The lowest BCUT2D eigenvalue weighted by Gasteiger charge is -2.35. The van der Waals surface area contributed by atoms with Crippen LogP contribution in [-0.2, 0) is 14.3 Å². The number of esters is 1. The van der Waals surface area contributed by atoms with Gasteiger partial charge in [-0.05, 0) is 37.5 Å². The van der Waals surface area contributed by atoms with Crippen LogP contribution in [0.4, 0.5) is 10.5 Å². The summed E-state index contributed by atoms with van der Waals surface area (Å²) in [5, 5.41) is 5.86. The first-order valence-electron chi connectivity index (χ1n) is 11.7. The van der Waals surface area contributed by atoms with Crippen molar-refractivity contribution in [3.63, 3.8) is 0 Å². The molecule has 2 N–H and O–H groups in total. The van der Waals surface area contributed by atoms with Crippen LogP contribution < -0.4 is 10.6 Å². The van der Waals surface area contributed by atoms with E-state index >= 15 is 0 Å². The molecule has 1 aromatic carbocycles. The Hall–Kier alpha value is -2.83. The molecule has 176 valence electrons. The van der Waals surface area contributed by atoms with Gasteiger partial charge in [0.15, 0.2) is 0 Å². The van der Waals surface area contributed by atoms with Gasteiger partial charge < -0.3 is 15.4 Å². The number of benzene rings is 1. The first-order valence-corrected chi connectivity index (χ1v) is 11.7. The van der Waals surface area contributed by atoms with Gasteiger partial charge in [-0.3, -0.25) is 9.69 Å². The molecule has 7 nitrogen and oxygen atoms in total. The maximum absolute atomic E-state index is 12.7. The maximum atomic E-state index is 12.7. The second-order valence-electron chi connectivity index (χ2n) is 8.22. The fourth-order valence-corrected chi connectivity index (χ4v) is 3.98. The number of hydrogen-bond donors (Lipinski definition) is 2. The standard InChI is InChI=1S/C25H37N3O4/c1-5-7-8-9-10-11-15-21(29)26-20-14-12-13-19(17-20)23-22(24(30)32-4)18(3)28(16-6-2)25(31)27-23/h12-14,17,23H,5-11,15-16H2,1-4H3,(H,26,29)(H,27,31)/t23-/m1/s1. The van der Waals surface area contributed by atoms with Crippen molar-refractivity contribution in [1.82, 2.24) is 10.2 Å². The number of methoxy groups -OCH3 is 1. The number of hydrogen-bond acceptors (Lipinski definition) is 4. The minimum absolute atomic E-state index is 0.0284. The molecule has 0 aromatic heterocycles. The van der Waals surface area contributed by atoms with Gasteiger partial charge in [-0.1, -0.05) is 58.1 Å². The summed E-state index contributed by atoms with van der Waals surface area (Å²) in [5.74, 6) is -0.509. The zero-order chi connectivity index (χ0) is 23.5. The quantitative estimate of drug-likeness (QED) is 0.339. The largest absolute Gasteiger partial charge is 0.466 e. The third-order valence-corrected chi connectivity index (χ3v) is 5.71. The Morgan fingerprint density at radius 3 is 2.50 bits per heavy atom. The highest BCUT2D eigenvalue weighted by Crippen LogP contribution is 2.32. The molecule has 1 aliphatic heterocycles. The SMILES string of the molecule is CCCCCCCCC(=O)Nc1cccc([C@H]2NC(=O)N(CCC)C(C)=C2C(=O)OC)c1. The van der Waals surface area contributed by atoms with Crippen molar-refractivity contribution in [2.45, 2.75) is 78.2 Å². The normalized spacial score (nSPS) is 16.1. The van der Waals surface area contributed by atoms with Gasteiger partial charge in [0.2, 0.25) is 5.91 Å². The summed E-state index contributed by atoms with van der Waals surface area (Å²) in [7, 11) is 1.33. The van der Waals surface area contributed by atoms with E-state index in [1.165, 1.54) is 26.4 Å². The van der Waals surface area contributed by atoms with Gasteiger partial charge in [0.25, 0.3) is 0 Å². The third-order valence-electron chi connectivity index (χ3n) is 5.71. The van der Waals surface area contributed by atoms with Crippen LogP contribution >= 0.6 is 0 Å². The van der Waals surface area contributed by atoms with Crippen molar-refractivity contribution in [1.29, 1.82) is 0 Å². The Bertz CT molecular complexity index is 834. The summed E-state index contributed by atoms with van der Waals surface area (Å²) in [4.78, 5) is 39.2. The minimum Gasteiger partial charge on any atom is -0.466 e. The van der Waals surface area contributed by atoms with E-state index in [-0.39, 0.29) is 11.9 Å². The Morgan fingerprint density at radius 2 is 1.81 bits per heavy atom. The number of unbranched alkanes of at least 4 members (excludes halogenated alkanes) is 5. The third kappa shape index (κ3) is 6.84. The monoisotopic (exact) mass is 443 g/mol. The van der Waals surface area contributed by atoms with Crippen LogP contribution in [0.2, 0.25) is 0 Å². The first-order chi connectivity index (χ1) is 15.4. The van der Waals surface area contributed by atoms with Crippen LogP contribution in [0.5, 0.6) is 0 Å². The molecular weight excluding hydrogens is 406 g/mol. The van der Waals surface area contributed by atoms with Crippen LogP contribution in [0.1, 0.15) is 83.7 Å². The molecular formula is C25H37N3O4. The van der Waals surface area contributed by atoms with Gasteiger partial charge in [0, 0.05) is 24.4 Å². The lowest BCUT2D eigenvalue weighted by atomic mass is 9.94. The van der Waals surface area contributed by atoms with Crippen molar-refractivity contribution in [3.8, 4) is 0 Å². The molecule has 0 spiro atoms. The number of urea groups is 1. The summed E-state index contributed by atoms with van der Waals surface area (Å²) < 4.78 is 5.00. The van der Waals surface area contributed by atoms with E-state index in [2.05, 4.69) is 17.6 Å². The Morgan fingerprint density at radius 1 is 1.09 bits per heavy atom. The van der Waals surface area contributed by atoms with Crippen molar-refractivity contribution >= 4 is 23.6 Å². The number of nitrogens with one attached hydrogen (secondary N) is 2. The summed E-state index contributed by atoms with van der Waals surface area (Å²) >= 11 is 0. The molecule has 0 saturated heterocycles. The summed E-state index contributed by atoms with van der Waals surface area (Å²) in [5.41, 5.74) is 2.35. The van der Waals surface area contributed by atoms with E-state index in [0.29, 0.717) is 35.5 Å². The second-order valence-corrected chi connectivity index (χ2v) is 8.22. The highest BCUT2D eigenvalue weighted by Gasteiger charge is 2.35. The van der Waals surface area contributed by atoms with E-state index in [4.69, 9.17) is 4.74 Å². The second kappa shape index (κ2) is 12.9. The first kappa shape index (κ1) is 25.4. The summed E-state index contributed by atoms with van der Waals surface area (Å²) in [6.07, 6.45) is 8.01. The molecule has 0 unspecified atom stereocenters. The molecule has 1 atom stereocenters. The topological polar surface area (TPSA) is 87.7 Å². The van der Waals surface area contributed by atoms with Gasteiger partial charge in [-0.15, -0.1) is 0 Å². The molecule has 0 bridgehead atoms. The maximum Gasteiger partial charge on any atom is 0.337 e. The molecule has 0 saturated carbocycles. The molecule has 1 aliphatic rings. The van der Waals surface area contributed by atoms with Gasteiger partial charge in [-0.25, -0.2) is 9.59 Å². The van der Waals surface area contributed by atoms with Crippen molar-refractivity contribution < 1.29 is 19.1 Å². The van der Waals surface area contributed by atoms with E-state index < -0.39 is 12.0 Å². The van der Waals surface area contributed by atoms with Gasteiger partial charge >= 0.3 is 12.0 Å². The van der Waals surface area contributed by atoms with Crippen molar-refractivity contribution in [2.24, 2.45) is 0 Å². The Balaban J connectivity index is 2.12. The molecule has 32 heavy (non-hydrogen) atoms. The minimum atomic E-state index is -0.640. The Labute approximate surface area is 191 Å². The van der Waals surface area contributed by atoms with Gasteiger partial charge in [0.05, 0.1) is 18.7 Å². The highest BCUT2D eigenvalue weighted by molar-refractivity contribution is 5.95. The number of carbonyl (C=O) groups excluding carboxylic acids is 3. The summed E-state index contributed by atoms with van der Waals surface area (Å²) in [6.45, 7) is 6.44. The molecule has 1 heterocycles. The van der Waals surface area contributed by atoms with Crippen molar-refractivity contribution in [2.75, 3.05) is 19.0 Å². The number of carbonyl (C=O) groups is 3. The fourth-order valence-electron chi connectivity index (χ4n) is 3.98. The molecule has 3 amide bonds. The average Bonchev–Trinajstić information content (AvgIpc) is 2.78. The van der Waals surface area contributed by atoms with E-state index in [9.17, 15) is 14.4 Å². The van der Waals surface area contributed by atoms with Crippen LogP contribution in [-0.4, -0.2) is 36.5 Å². The number of rotatable bonds is 12. The molecule has 7 heteroatoms. The van der Waals surface area contributed by atoms with Crippen LogP contribution in [0.25, 0.3) is 0 Å². The van der Waals surface area contributed by atoms with E-state index in [1.807, 2.05) is 25.1 Å². The number of nitrogens with zero attached hydrogens (tertiary/aromatic N) is 1. The Kier molecular flexibility index (Phi) is 10.2. The zero-order valence-corrected chi connectivity index (χ0v) is 19.8. The zero-order valence-electron chi connectivity index (χ0n) is 19.8. The van der Waals surface area contributed by atoms with Gasteiger partial charge in [0.1, 0.15) is 0 Å². The van der Waals surface area contributed by atoms with Crippen LogP contribution in [0.15, 0.2) is 35.5 Å². The van der Waals surface area contributed by atoms with Crippen LogP contribution in [0, 0.1) is 0 Å². The van der Waals surface area contributed by atoms with E-state index in [0.717, 1.165) is 25.7 Å². The number of ether oxygens (including phenoxy) is 1. The number of allylic oxidation sites excluding steroid dienone is 1. The lowest BCUT2D eigenvalue weighted by Crippen LogP contribution is -2.48.